The Morgan fingerprint density at radius 3 is 2.74 bits per heavy atom. The van der Waals surface area contributed by atoms with E-state index in [0.717, 1.165) is 31.7 Å². The first kappa shape index (κ1) is 14.3. The fourth-order valence-corrected chi connectivity index (χ4v) is 2.81. The molecule has 106 valence electrons. The first-order chi connectivity index (χ1) is 8.91. The predicted molar refractivity (Wildman–Crippen MR) is 81.6 cm³/mol. The lowest BCUT2D eigenvalue weighted by Crippen LogP contribution is -2.25. The molecule has 2 rings (SSSR count). The molecule has 1 fully saturated rings. The van der Waals surface area contributed by atoms with E-state index in [9.17, 15) is 0 Å². The van der Waals surface area contributed by atoms with Crippen LogP contribution in [0.2, 0.25) is 0 Å². The van der Waals surface area contributed by atoms with E-state index < -0.39 is 0 Å². The number of rotatable bonds is 4. The summed E-state index contributed by atoms with van der Waals surface area (Å²) in [7, 11) is 0. The minimum atomic E-state index is 0.248. The van der Waals surface area contributed by atoms with Crippen molar-refractivity contribution in [2.24, 2.45) is 11.1 Å². The summed E-state index contributed by atoms with van der Waals surface area (Å²) in [5.74, 6) is 1.15. The molecule has 2 heterocycles. The molecule has 1 aromatic heterocycles. The van der Waals surface area contributed by atoms with E-state index in [1.807, 2.05) is 6.20 Å². The Labute approximate surface area is 117 Å². The third-order valence-electron chi connectivity index (χ3n) is 4.11. The van der Waals surface area contributed by atoms with Crippen LogP contribution < -0.4 is 10.6 Å². The van der Waals surface area contributed by atoms with Crippen molar-refractivity contribution in [3.63, 3.8) is 0 Å². The van der Waals surface area contributed by atoms with E-state index in [2.05, 4.69) is 43.6 Å². The van der Waals surface area contributed by atoms with E-state index >= 15 is 0 Å². The number of nitrogens with two attached hydrogens (primary N) is 1. The standard InChI is InChI=1S/C16H27N3/c1-5-14(17)9-13-8-12(2)15(18-10-13)19-7-6-16(3,4)11-19/h8,10,14H,5-7,9,11,17H2,1-4H3. The van der Waals surface area contributed by atoms with Crippen molar-refractivity contribution in [1.29, 1.82) is 0 Å². The summed E-state index contributed by atoms with van der Waals surface area (Å²) >= 11 is 0. The number of pyridine rings is 1. The highest BCUT2D eigenvalue weighted by Crippen LogP contribution is 2.32. The van der Waals surface area contributed by atoms with Crippen LogP contribution >= 0.6 is 0 Å². The lowest BCUT2D eigenvalue weighted by molar-refractivity contribution is 0.418. The fourth-order valence-electron chi connectivity index (χ4n) is 2.81. The van der Waals surface area contributed by atoms with Gasteiger partial charge >= 0.3 is 0 Å². The van der Waals surface area contributed by atoms with Gasteiger partial charge in [-0.05, 0) is 42.7 Å². The van der Waals surface area contributed by atoms with Gasteiger partial charge in [0.2, 0.25) is 0 Å². The molecule has 1 saturated heterocycles. The Bertz CT molecular complexity index is 440. The maximum atomic E-state index is 6.01. The molecular weight excluding hydrogens is 234 g/mol. The predicted octanol–water partition coefficient (Wildman–Crippen LogP) is 2.91. The molecule has 0 bridgehead atoms. The van der Waals surface area contributed by atoms with Crippen LogP contribution in [0, 0.1) is 12.3 Å². The lowest BCUT2D eigenvalue weighted by atomic mass is 9.93. The second-order valence-corrected chi connectivity index (χ2v) is 6.69. The Kier molecular flexibility index (Phi) is 4.14. The summed E-state index contributed by atoms with van der Waals surface area (Å²) in [6, 6.07) is 2.50. The molecule has 0 aliphatic carbocycles. The van der Waals surface area contributed by atoms with Gasteiger partial charge in [0.15, 0.2) is 0 Å². The van der Waals surface area contributed by atoms with Crippen LogP contribution in [0.3, 0.4) is 0 Å². The number of aromatic nitrogens is 1. The van der Waals surface area contributed by atoms with Crippen LogP contribution in [0.1, 0.15) is 44.7 Å². The molecule has 0 radical (unpaired) electrons. The number of nitrogens with zero attached hydrogens (tertiary/aromatic N) is 2. The Balaban J connectivity index is 2.12. The average Bonchev–Trinajstić information content (AvgIpc) is 2.69. The van der Waals surface area contributed by atoms with Gasteiger partial charge < -0.3 is 10.6 Å². The molecule has 3 nitrogen and oxygen atoms in total. The molecule has 0 spiro atoms. The van der Waals surface area contributed by atoms with Crippen molar-refractivity contribution < 1.29 is 0 Å². The maximum absolute atomic E-state index is 6.01. The average molecular weight is 261 g/mol. The van der Waals surface area contributed by atoms with Gasteiger partial charge in [-0.1, -0.05) is 26.8 Å². The SMILES string of the molecule is CCC(N)Cc1cnc(N2CCC(C)(C)C2)c(C)c1. The molecule has 1 aliphatic heterocycles. The molecule has 0 aromatic carbocycles. The van der Waals surface area contributed by atoms with Crippen molar-refractivity contribution in [3.8, 4) is 0 Å². The van der Waals surface area contributed by atoms with Gasteiger partial charge in [-0.2, -0.15) is 0 Å². The minimum Gasteiger partial charge on any atom is -0.356 e. The second-order valence-electron chi connectivity index (χ2n) is 6.69. The van der Waals surface area contributed by atoms with Crippen LogP contribution in [0.4, 0.5) is 5.82 Å². The Morgan fingerprint density at radius 2 is 2.21 bits per heavy atom. The molecule has 1 atom stereocenters. The zero-order valence-electron chi connectivity index (χ0n) is 12.7. The van der Waals surface area contributed by atoms with Gasteiger partial charge in [0.05, 0.1) is 0 Å². The summed E-state index contributed by atoms with van der Waals surface area (Å²) < 4.78 is 0. The number of hydrogen-bond acceptors (Lipinski definition) is 3. The lowest BCUT2D eigenvalue weighted by Gasteiger charge is -2.22. The van der Waals surface area contributed by atoms with E-state index in [1.54, 1.807) is 0 Å². The molecule has 1 unspecified atom stereocenters. The largest absolute Gasteiger partial charge is 0.356 e. The molecule has 0 saturated carbocycles. The third-order valence-corrected chi connectivity index (χ3v) is 4.11. The molecule has 19 heavy (non-hydrogen) atoms. The normalized spacial score (nSPS) is 19.7. The summed E-state index contributed by atoms with van der Waals surface area (Å²) in [4.78, 5) is 7.10. The number of aryl methyl sites for hydroxylation is 1. The van der Waals surface area contributed by atoms with Gasteiger partial charge in [0, 0.05) is 25.3 Å². The summed E-state index contributed by atoms with van der Waals surface area (Å²) in [6.07, 6.45) is 5.19. The van der Waals surface area contributed by atoms with Crippen molar-refractivity contribution in [2.45, 2.75) is 53.0 Å². The highest BCUT2D eigenvalue weighted by molar-refractivity contribution is 5.48. The zero-order chi connectivity index (χ0) is 14.0. The van der Waals surface area contributed by atoms with Crippen LogP contribution in [0.5, 0.6) is 0 Å². The van der Waals surface area contributed by atoms with Gasteiger partial charge in [-0.15, -0.1) is 0 Å². The van der Waals surface area contributed by atoms with Crippen LogP contribution in [-0.4, -0.2) is 24.1 Å². The van der Waals surface area contributed by atoms with Crippen LogP contribution in [0.15, 0.2) is 12.3 Å². The summed E-state index contributed by atoms with van der Waals surface area (Å²) in [5.41, 5.74) is 8.96. The summed E-state index contributed by atoms with van der Waals surface area (Å²) in [6.45, 7) is 11.2. The second kappa shape index (κ2) is 5.49. The molecular formula is C16H27N3. The van der Waals surface area contributed by atoms with Crippen LogP contribution in [0.25, 0.3) is 0 Å². The molecule has 0 amide bonds. The Hall–Kier alpha value is -1.09. The van der Waals surface area contributed by atoms with Crippen molar-refractivity contribution >= 4 is 5.82 Å². The first-order valence-corrected chi connectivity index (χ1v) is 7.37. The smallest absolute Gasteiger partial charge is 0.131 e. The minimum absolute atomic E-state index is 0.248. The summed E-state index contributed by atoms with van der Waals surface area (Å²) in [5, 5.41) is 0. The van der Waals surface area contributed by atoms with Gasteiger partial charge in [-0.3, -0.25) is 0 Å². The number of anilines is 1. The van der Waals surface area contributed by atoms with Crippen LogP contribution in [-0.2, 0) is 6.42 Å². The highest BCUT2D eigenvalue weighted by atomic mass is 15.2. The van der Waals surface area contributed by atoms with E-state index in [0.29, 0.717) is 5.41 Å². The van der Waals surface area contributed by atoms with E-state index in [1.165, 1.54) is 17.5 Å². The van der Waals surface area contributed by atoms with E-state index in [4.69, 9.17) is 5.73 Å². The first-order valence-electron chi connectivity index (χ1n) is 7.37. The number of hydrogen-bond donors (Lipinski definition) is 1. The van der Waals surface area contributed by atoms with Gasteiger partial charge in [0.25, 0.3) is 0 Å². The maximum Gasteiger partial charge on any atom is 0.131 e. The Morgan fingerprint density at radius 1 is 1.47 bits per heavy atom. The zero-order valence-corrected chi connectivity index (χ0v) is 12.7. The molecule has 3 heteroatoms. The van der Waals surface area contributed by atoms with Crippen molar-refractivity contribution in [3.05, 3.63) is 23.4 Å². The van der Waals surface area contributed by atoms with Crippen molar-refractivity contribution in [1.82, 2.24) is 4.98 Å². The van der Waals surface area contributed by atoms with E-state index in [-0.39, 0.29) is 6.04 Å². The van der Waals surface area contributed by atoms with Gasteiger partial charge in [0.1, 0.15) is 5.82 Å². The third kappa shape index (κ3) is 3.47. The topological polar surface area (TPSA) is 42.1 Å². The highest BCUT2D eigenvalue weighted by Gasteiger charge is 2.30. The monoisotopic (exact) mass is 261 g/mol. The quantitative estimate of drug-likeness (QED) is 0.906. The van der Waals surface area contributed by atoms with Gasteiger partial charge in [-0.25, -0.2) is 4.98 Å². The molecule has 1 aliphatic rings. The molecule has 2 N–H and O–H groups in total. The fraction of sp³-hybridized carbons (Fsp3) is 0.688. The molecule has 1 aromatic rings. The van der Waals surface area contributed by atoms with Crippen molar-refractivity contribution in [2.75, 3.05) is 18.0 Å².